The zero-order valence-corrected chi connectivity index (χ0v) is 8.35. The molecule has 4 nitrogen and oxygen atoms in total. The lowest BCUT2D eigenvalue weighted by atomic mass is 10.1. The van der Waals surface area contributed by atoms with Crippen molar-refractivity contribution < 1.29 is 4.74 Å². The minimum Gasteiger partial charge on any atom is -0.376 e. The van der Waals surface area contributed by atoms with Crippen LogP contribution in [0, 0.1) is 0 Å². The minimum atomic E-state index is 0.350. The van der Waals surface area contributed by atoms with Gasteiger partial charge in [-0.25, -0.2) is 4.98 Å². The van der Waals surface area contributed by atoms with Crippen LogP contribution in [0.5, 0.6) is 0 Å². The summed E-state index contributed by atoms with van der Waals surface area (Å²) in [5.41, 5.74) is 5.58. The maximum absolute atomic E-state index is 5.66. The van der Waals surface area contributed by atoms with Crippen molar-refractivity contribution in [1.82, 2.24) is 9.55 Å². The van der Waals surface area contributed by atoms with Gasteiger partial charge >= 0.3 is 0 Å². The predicted octanol–water partition coefficient (Wildman–Crippen LogP) is 0.911. The lowest BCUT2D eigenvalue weighted by molar-refractivity contribution is 0.00555. The Bertz CT molecular complexity index is 279. The van der Waals surface area contributed by atoms with E-state index in [1.807, 2.05) is 6.20 Å². The Labute approximate surface area is 84.1 Å². The van der Waals surface area contributed by atoms with Crippen molar-refractivity contribution in [1.29, 1.82) is 0 Å². The predicted molar refractivity (Wildman–Crippen MR) is 53.7 cm³/mol. The second-order valence-corrected chi connectivity index (χ2v) is 3.69. The van der Waals surface area contributed by atoms with E-state index in [0.29, 0.717) is 12.6 Å². The van der Waals surface area contributed by atoms with Gasteiger partial charge in [-0.2, -0.15) is 0 Å². The molecule has 1 aliphatic rings. The summed E-state index contributed by atoms with van der Waals surface area (Å²) < 4.78 is 7.75. The quantitative estimate of drug-likeness (QED) is 0.780. The molecule has 1 atom stereocenters. The number of hydrogen-bond donors (Lipinski definition) is 1. The maximum Gasteiger partial charge on any atom is 0.122 e. The standard InChI is InChI=1S/C10H17N3O/c11-7-10-12-4-5-13(10)8-9-3-1-2-6-14-9/h4-5,9H,1-3,6-8,11H2. The van der Waals surface area contributed by atoms with Crippen LogP contribution in [0.15, 0.2) is 12.4 Å². The molecule has 0 aliphatic carbocycles. The van der Waals surface area contributed by atoms with Crippen LogP contribution in [0.2, 0.25) is 0 Å². The lowest BCUT2D eigenvalue weighted by Crippen LogP contribution is -2.25. The average molecular weight is 195 g/mol. The minimum absolute atomic E-state index is 0.350. The molecule has 0 aromatic carbocycles. The molecular weight excluding hydrogens is 178 g/mol. The zero-order valence-electron chi connectivity index (χ0n) is 8.35. The van der Waals surface area contributed by atoms with Gasteiger partial charge in [0.05, 0.1) is 19.2 Å². The molecule has 78 valence electrons. The fourth-order valence-corrected chi connectivity index (χ4v) is 1.87. The van der Waals surface area contributed by atoms with Crippen molar-refractivity contribution in [2.24, 2.45) is 5.73 Å². The highest BCUT2D eigenvalue weighted by Crippen LogP contribution is 2.14. The third-order valence-corrected chi connectivity index (χ3v) is 2.66. The van der Waals surface area contributed by atoms with E-state index in [4.69, 9.17) is 10.5 Å². The first kappa shape index (κ1) is 9.68. The summed E-state index contributed by atoms with van der Waals surface area (Å²) in [5, 5.41) is 0. The second-order valence-electron chi connectivity index (χ2n) is 3.69. The number of nitrogens with zero attached hydrogens (tertiary/aromatic N) is 2. The molecule has 1 aliphatic heterocycles. The summed E-state index contributed by atoms with van der Waals surface area (Å²) >= 11 is 0. The first-order chi connectivity index (χ1) is 6.90. The molecule has 1 aromatic rings. The van der Waals surface area contributed by atoms with Gasteiger partial charge in [-0.05, 0) is 19.3 Å². The monoisotopic (exact) mass is 195 g/mol. The smallest absolute Gasteiger partial charge is 0.122 e. The molecule has 0 saturated carbocycles. The molecule has 0 spiro atoms. The zero-order chi connectivity index (χ0) is 9.80. The fraction of sp³-hybridized carbons (Fsp3) is 0.700. The van der Waals surface area contributed by atoms with E-state index in [-0.39, 0.29) is 0 Å². The van der Waals surface area contributed by atoms with Crippen molar-refractivity contribution in [3.8, 4) is 0 Å². The van der Waals surface area contributed by atoms with Gasteiger partial charge in [0.1, 0.15) is 5.82 Å². The van der Waals surface area contributed by atoms with E-state index in [1.165, 1.54) is 12.8 Å². The van der Waals surface area contributed by atoms with Crippen LogP contribution in [-0.2, 0) is 17.8 Å². The Morgan fingerprint density at radius 3 is 3.21 bits per heavy atom. The highest BCUT2D eigenvalue weighted by atomic mass is 16.5. The van der Waals surface area contributed by atoms with Gasteiger partial charge in [-0.3, -0.25) is 0 Å². The highest BCUT2D eigenvalue weighted by molar-refractivity contribution is 4.92. The van der Waals surface area contributed by atoms with Gasteiger partial charge in [-0.15, -0.1) is 0 Å². The van der Waals surface area contributed by atoms with Crippen molar-refractivity contribution in [3.63, 3.8) is 0 Å². The molecule has 1 aromatic heterocycles. The Morgan fingerprint density at radius 1 is 1.57 bits per heavy atom. The van der Waals surface area contributed by atoms with Gasteiger partial charge in [-0.1, -0.05) is 0 Å². The summed E-state index contributed by atoms with van der Waals surface area (Å²) in [7, 11) is 0. The number of hydrogen-bond acceptors (Lipinski definition) is 3. The van der Waals surface area contributed by atoms with Crippen LogP contribution in [-0.4, -0.2) is 22.3 Å². The normalized spacial score (nSPS) is 22.5. The summed E-state index contributed by atoms with van der Waals surface area (Å²) in [6.45, 7) is 2.30. The first-order valence-corrected chi connectivity index (χ1v) is 5.22. The lowest BCUT2D eigenvalue weighted by Gasteiger charge is -2.23. The summed E-state index contributed by atoms with van der Waals surface area (Å²) in [6, 6.07) is 0. The highest BCUT2D eigenvalue weighted by Gasteiger charge is 2.15. The van der Waals surface area contributed by atoms with Crippen LogP contribution in [0.25, 0.3) is 0 Å². The van der Waals surface area contributed by atoms with E-state index in [2.05, 4.69) is 9.55 Å². The number of imidazole rings is 1. The van der Waals surface area contributed by atoms with Gasteiger partial charge in [0.25, 0.3) is 0 Å². The fourth-order valence-electron chi connectivity index (χ4n) is 1.87. The maximum atomic E-state index is 5.66. The van der Waals surface area contributed by atoms with Crippen molar-refractivity contribution in [2.75, 3.05) is 6.61 Å². The molecule has 1 saturated heterocycles. The Hall–Kier alpha value is -0.870. The summed E-state index contributed by atoms with van der Waals surface area (Å²) in [4.78, 5) is 4.18. The summed E-state index contributed by atoms with van der Waals surface area (Å²) in [6.07, 6.45) is 7.75. The van der Waals surface area contributed by atoms with Crippen molar-refractivity contribution in [2.45, 2.75) is 38.5 Å². The molecule has 0 bridgehead atoms. The van der Waals surface area contributed by atoms with Crippen LogP contribution < -0.4 is 5.73 Å². The SMILES string of the molecule is NCc1nccn1CC1CCCCO1. The van der Waals surface area contributed by atoms with E-state index in [1.54, 1.807) is 6.20 Å². The van der Waals surface area contributed by atoms with Crippen LogP contribution >= 0.6 is 0 Å². The molecule has 2 rings (SSSR count). The molecular formula is C10H17N3O. The molecule has 2 N–H and O–H groups in total. The molecule has 2 heterocycles. The molecule has 1 unspecified atom stereocenters. The Morgan fingerprint density at radius 2 is 2.50 bits per heavy atom. The second kappa shape index (κ2) is 4.57. The third kappa shape index (κ3) is 2.13. The summed E-state index contributed by atoms with van der Waals surface area (Å²) in [5.74, 6) is 0.944. The first-order valence-electron chi connectivity index (χ1n) is 5.22. The van der Waals surface area contributed by atoms with Crippen molar-refractivity contribution >= 4 is 0 Å². The van der Waals surface area contributed by atoms with E-state index < -0.39 is 0 Å². The molecule has 4 heteroatoms. The van der Waals surface area contributed by atoms with E-state index >= 15 is 0 Å². The molecule has 0 radical (unpaired) electrons. The Balaban J connectivity index is 1.95. The van der Waals surface area contributed by atoms with Gasteiger partial charge in [0, 0.05) is 19.0 Å². The number of nitrogens with two attached hydrogens (primary N) is 1. The van der Waals surface area contributed by atoms with Crippen LogP contribution in [0.3, 0.4) is 0 Å². The van der Waals surface area contributed by atoms with E-state index in [0.717, 1.165) is 25.4 Å². The Kier molecular flexibility index (Phi) is 3.16. The van der Waals surface area contributed by atoms with Crippen LogP contribution in [0.4, 0.5) is 0 Å². The topological polar surface area (TPSA) is 53.1 Å². The van der Waals surface area contributed by atoms with E-state index in [9.17, 15) is 0 Å². The van der Waals surface area contributed by atoms with Gasteiger partial charge in [0.15, 0.2) is 0 Å². The van der Waals surface area contributed by atoms with Crippen LogP contribution in [0.1, 0.15) is 25.1 Å². The molecule has 0 amide bonds. The molecule has 14 heavy (non-hydrogen) atoms. The largest absolute Gasteiger partial charge is 0.376 e. The number of rotatable bonds is 3. The van der Waals surface area contributed by atoms with Gasteiger partial charge < -0.3 is 15.0 Å². The average Bonchev–Trinajstić information content (AvgIpc) is 2.67. The number of ether oxygens (including phenoxy) is 1. The number of aromatic nitrogens is 2. The molecule has 1 fully saturated rings. The third-order valence-electron chi connectivity index (χ3n) is 2.66. The van der Waals surface area contributed by atoms with Crippen molar-refractivity contribution in [3.05, 3.63) is 18.2 Å². The van der Waals surface area contributed by atoms with Gasteiger partial charge in [0.2, 0.25) is 0 Å².